The molecule has 0 atom stereocenters. The molecule has 1 rings (SSSR count). The van der Waals surface area contributed by atoms with Crippen LogP contribution in [0.25, 0.3) is 0 Å². The number of nitrogens with zero attached hydrogens (tertiary/aromatic N) is 2. The van der Waals surface area contributed by atoms with Crippen LogP contribution in [-0.2, 0) is 6.54 Å². The quantitative estimate of drug-likeness (QED) is 0.765. The van der Waals surface area contributed by atoms with Crippen molar-refractivity contribution < 1.29 is 17.9 Å². The van der Waals surface area contributed by atoms with Crippen molar-refractivity contribution in [1.29, 1.82) is 5.26 Å². The van der Waals surface area contributed by atoms with Gasteiger partial charge in [0, 0.05) is 26.1 Å². The highest BCUT2D eigenvalue weighted by Gasteiger charge is 2.30. The lowest BCUT2D eigenvalue weighted by molar-refractivity contribution is -0.274. The largest absolute Gasteiger partial charge is 0.573 e. The first-order valence-electron chi connectivity index (χ1n) is 6.74. The van der Waals surface area contributed by atoms with Crippen LogP contribution >= 0.6 is 0 Å². The molecular formula is C15H19F3N2O. The van der Waals surface area contributed by atoms with Crippen LogP contribution in [0, 0.1) is 17.2 Å². The highest BCUT2D eigenvalue weighted by molar-refractivity contribution is 5.27. The van der Waals surface area contributed by atoms with Crippen molar-refractivity contribution in [3.05, 3.63) is 29.8 Å². The molecular weight excluding hydrogens is 281 g/mol. The number of benzene rings is 1. The van der Waals surface area contributed by atoms with E-state index in [1.807, 2.05) is 0 Å². The molecule has 0 aliphatic carbocycles. The normalized spacial score (nSPS) is 11.7. The van der Waals surface area contributed by atoms with Gasteiger partial charge in [-0.2, -0.15) is 5.26 Å². The lowest BCUT2D eigenvalue weighted by Crippen LogP contribution is -2.28. The van der Waals surface area contributed by atoms with Gasteiger partial charge in [-0.15, -0.1) is 13.2 Å². The smallest absolute Gasteiger partial charge is 0.406 e. The van der Waals surface area contributed by atoms with Crippen molar-refractivity contribution in [2.75, 3.05) is 13.1 Å². The molecule has 0 radical (unpaired) electrons. The first kappa shape index (κ1) is 17.3. The van der Waals surface area contributed by atoms with Crippen molar-refractivity contribution >= 4 is 0 Å². The number of alkyl halides is 3. The van der Waals surface area contributed by atoms with Gasteiger partial charge in [0.15, 0.2) is 0 Å². The van der Waals surface area contributed by atoms with E-state index in [9.17, 15) is 13.2 Å². The van der Waals surface area contributed by atoms with Gasteiger partial charge in [-0.3, -0.25) is 4.90 Å². The molecule has 0 bridgehead atoms. The maximum absolute atomic E-state index is 12.1. The second kappa shape index (κ2) is 7.89. The highest BCUT2D eigenvalue weighted by Crippen LogP contribution is 2.23. The Hall–Kier alpha value is -1.74. The van der Waals surface area contributed by atoms with E-state index in [0.29, 0.717) is 25.4 Å². The number of halogens is 3. The van der Waals surface area contributed by atoms with Gasteiger partial charge in [0.05, 0.1) is 6.07 Å². The Morgan fingerprint density at radius 2 is 1.86 bits per heavy atom. The van der Waals surface area contributed by atoms with E-state index >= 15 is 0 Å². The van der Waals surface area contributed by atoms with Crippen molar-refractivity contribution in [2.24, 2.45) is 5.92 Å². The molecule has 0 fully saturated rings. The molecule has 0 aliphatic heterocycles. The standard InChI is InChI=1S/C15H19F3N2O/c1-12(2)10-20(9-3-8-19)11-13-4-6-14(7-5-13)21-15(16,17)18/h4-7,12H,3,9-11H2,1-2H3. The minimum Gasteiger partial charge on any atom is -0.406 e. The zero-order chi connectivity index (χ0) is 15.9. The van der Waals surface area contributed by atoms with Crippen LogP contribution in [0.2, 0.25) is 0 Å². The van der Waals surface area contributed by atoms with E-state index < -0.39 is 6.36 Å². The van der Waals surface area contributed by atoms with E-state index in [2.05, 4.69) is 29.6 Å². The average molecular weight is 300 g/mol. The summed E-state index contributed by atoms with van der Waals surface area (Å²) in [7, 11) is 0. The summed E-state index contributed by atoms with van der Waals surface area (Å²) < 4.78 is 40.1. The summed E-state index contributed by atoms with van der Waals surface area (Å²) >= 11 is 0. The third-order valence-corrected chi connectivity index (χ3v) is 2.73. The van der Waals surface area contributed by atoms with E-state index in [1.165, 1.54) is 12.1 Å². The van der Waals surface area contributed by atoms with Crippen LogP contribution in [0.3, 0.4) is 0 Å². The third-order valence-electron chi connectivity index (χ3n) is 2.73. The van der Waals surface area contributed by atoms with E-state index in [1.54, 1.807) is 12.1 Å². The second-order valence-electron chi connectivity index (χ2n) is 5.23. The highest BCUT2D eigenvalue weighted by atomic mass is 19.4. The maximum Gasteiger partial charge on any atom is 0.573 e. The van der Waals surface area contributed by atoms with Crippen LogP contribution in [0.15, 0.2) is 24.3 Å². The molecule has 0 aromatic heterocycles. The van der Waals surface area contributed by atoms with E-state index in [4.69, 9.17) is 5.26 Å². The number of nitriles is 1. The summed E-state index contributed by atoms with van der Waals surface area (Å²) in [5.41, 5.74) is 0.892. The van der Waals surface area contributed by atoms with Crippen molar-refractivity contribution in [1.82, 2.24) is 4.90 Å². The second-order valence-corrected chi connectivity index (χ2v) is 5.23. The van der Waals surface area contributed by atoms with Crippen LogP contribution in [0.1, 0.15) is 25.8 Å². The molecule has 1 aromatic carbocycles. The molecule has 0 aliphatic rings. The lowest BCUT2D eigenvalue weighted by atomic mass is 10.1. The molecule has 0 heterocycles. The minimum absolute atomic E-state index is 0.223. The summed E-state index contributed by atoms with van der Waals surface area (Å²) in [5, 5.41) is 8.66. The molecule has 1 aromatic rings. The number of rotatable bonds is 7. The fourth-order valence-corrected chi connectivity index (χ4v) is 2.01. The summed E-state index contributed by atoms with van der Waals surface area (Å²) in [6, 6.07) is 7.94. The average Bonchev–Trinajstić information content (AvgIpc) is 2.36. The SMILES string of the molecule is CC(C)CN(CCC#N)Cc1ccc(OC(F)(F)F)cc1. The maximum atomic E-state index is 12.1. The summed E-state index contributed by atoms with van der Waals surface area (Å²) in [5.74, 6) is 0.232. The molecule has 116 valence electrons. The van der Waals surface area contributed by atoms with Gasteiger partial charge in [-0.05, 0) is 23.6 Å². The van der Waals surface area contributed by atoms with Gasteiger partial charge >= 0.3 is 6.36 Å². The predicted octanol–water partition coefficient (Wildman–Crippen LogP) is 3.96. The predicted molar refractivity (Wildman–Crippen MR) is 73.5 cm³/mol. The molecule has 0 spiro atoms. The summed E-state index contributed by atoms with van der Waals surface area (Å²) in [4.78, 5) is 2.12. The Morgan fingerprint density at radius 1 is 1.24 bits per heavy atom. The van der Waals surface area contributed by atoms with Crippen molar-refractivity contribution in [3.63, 3.8) is 0 Å². The van der Waals surface area contributed by atoms with Crippen molar-refractivity contribution in [3.8, 4) is 11.8 Å². The summed E-state index contributed by atoms with van der Waals surface area (Å²) in [6.45, 7) is 6.25. The fraction of sp³-hybridized carbons (Fsp3) is 0.533. The van der Waals surface area contributed by atoms with E-state index in [-0.39, 0.29) is 5.75 Å². The third kappa shape index (κ3) is 7.57. The molecule has 0 amide bonds. The zero-order valence-corrected chi connectivity index (χ0v) is 12.2. The Balaban J connectivity index is 2.64. The lowest BCUT2D eigenvalue weighted by Gasteiger charge is -2.23. The molecule has 6 heteroatoms. The van der Waals surface area contributed by atoms with Gasteiger partial charge in [0.1, 0.15) is 5.75 Å². The van der Waals surface area contributed by atoms with Gasteiger partial charge in [0.25, 0.3) is 0 Å². The van der Waals surface area contributed by atoms with Gasteiger partial charge in [-0.1, -0.05) is 26.0 Å². The Labute approximate surface area is 122 Å². The van der Waals surface area contributed by atoms with Crippen LogP contribution in [-0.4, -0.2) is 24.4 Å². The fourth-order valence-electron chi connectivity index (χ4n) is 2.01. The van der Waals surface area contributed by atoms with E-state index in [0.717, 1.165) is 12.1 Å². The van der Waals surface area contributed by atoms with Gasteiger partial charge in [0.2, 0.25) is 0 Å². The molecule has 21 heavy (non-hydrogen) atoms. The van der Waals surface area contributed by atoms with Crippen LogP contribution in [0.4, 0.5) is 13.2 Å². The molecule has 0 unspecified atom stereocenters. The van der Waals surface area contributed by atoms with Crippen molar-refractivity contribution in [2.45, 2.75) is 33.2 Å². The zero-order valence-electron chi connectivity index (χ0n) is 12.2. The molecule has 0 saturated heterocycles. The number of hydrogen-bond donors (Lipinski definition) is 0. The minimum atomic E-state index is -4.67. The summed E-state index contributed by atoms with van der Waals surface area (Å²) in [6.07, 6.45) is -4.24. The molecule has 0 N–H and O–H groups in total. The van der Waals surface area contributed by atoms with Crippen LogP contribution < -0.4 is 4.74 Å². The number of hydrogen-bond acceptors (Lipinski definition) is 3. The van der Waals surface area contributed by atoms with Crippen LogP contribution in [0.5, 0.6) is 5.75 Å². The van der Waals surface area contributed by atoms with Gasteiger partial charge in [-0.25, -0.2) is 0 Å². The first-order valence-corrected chi connectivity index (χ1v) is 6.74. The Bertz CT molecular complexity index is 463. The molecule has 3 nitrogen and oxygen atoms in total. The Morgan fingerprint density at radius 3 is 2.33 bits per heavy atom. The Kier molecular flexibility index (Phi) is 6.50. The monoisotopic (exact) mass is 300 g/mol. The molecule has 0 saturated carbocycles. The first-order chi connectivity index (χ1) is 9.80. The number of ether oxygens (including phenoxy) is 1. The van der Waals surface area contributed by atoms with Gasteiger partial charge < -0.3 is 4.74 Å². The topological polar surface area (TPSA) is 36.3 Å².